The predicted octanol–water partition coefficient (Wildman–Crippen LogP) is 4.89. The number of benzene rings is 2. The fourth-order valence-corrected chi connectivity index (χ4v) is 6.40. The zero-order valence-corrected chi connectivity index (χ0v) is 29.5. The van der Waals surface area contributed by atoms with E-state index in [1.807, 2.05) is 13.8 Å². The Hall–Kier alpha value is -3.49. The quantitative estimate of drug-likeness (QED) is 0.0403. The van der Waals surface area contributed by atoms with E-state index in [0.717, 1.165) is 25.7 Å². The highest BCUT2D eigenvalue weighted by atomic mass is 35.5. The highest BCUT2D eigenvalue weighted by molar-refractivity contribution is 7.68. The van der Waals surface area contributed by atoms with Gasteiger partial charge >= 0.3 is 13.6 Å². The van der Waals surface area contributed by atoms with Crippen LogP contribution in [-0.4, -0.2) is 91.2 Å². The van der Waals surface area contributed by atoms with Crippen molar-refractivity contribution in [1.82, 2.24) is 14.9 Å². The number of carbonyl (C=O) groups is 2. The van der Waals surface area contributed by atoms with Crippen LogP contribution in [0.4, 0.5) is 17.3 Å². The SMILES string of the molecule is C=CC(=O)Nc1cccc(-c2nc(Nc3ccc(OC(=O)CC(P(O)O)P(=O)(O)O)c(OCCCN4CCOCC4)c3)ncc2Cl)c1.CC. The maximum absolute atomic E-state index is 12.6. The fraction of sp³-hybridized carbons (Fsp3) is 0.355. The van der Waals surface area contributed by atoms with Crippen LogP contribution in [0.3, 0.4) is 0 Å². The second kappa shape index (κ2) is 19.6. The van der Waals surface area contributed by atoms with Crippen LogP contribution in [-0.2, 0) is 18.9 Å². The van der Waals surface area contributed by atoms with Gasteiger partial charge in [0, 0.05) is 42.6 Å². The number of aromatic nitrogens is 2. The Morgan fingerprint density at radius 1 is 1.14 bits per heavy atom. The average molecular weight is 740 g/mol. The number of carbonyl (C=O) groups excluding carboxylic acids is 2. The van der Waals surface area contributed by atoms with Crippen molar-refractivity contribution in [3.05, 3.63) is 66.3 Å². The molecule has 1 amide bonds. The molecule has 1 fully saturated rings. The topological polar surface area (TPSA) is 213 Å². The van der Waals surface area contributed by atoms with Gasteiger partial charge in [0.1, 0.15) is 5.40 Å². The molecular weight excluding hydrogens is 700 g/mol. The molecule has 3 aromatic rings. The van der Waals surface area contributed by atoms with Crippen LogP contribution >= 0.6 is 27.6 Å². The summed E-state index contributed by atoms with van der Waals surface area (Å²) in [5, 5.41) is 4.00. The Balaban J connectivity index is 0.00000319. The number of nitrogens with zero attached hydrogens (tertiary/aromatic N) is 3. The van der Waals surface area contributed by atoms with Gasteiger partial charge in [-0.2, -0.15) is 0 Å². The van der Waals surface area contributed by atoms with Crippen LogP contribution < -0.4 is 20.1 Å². The summed E-state index contributed by atoms with van der Waals surface area (Å²) in [7, 11) is -8.11. The monoisotopic (exact) mass is 739 g/mol. The predicted molar refractivity (Wildman–Crippen MR) is 187 cm³/mol. The Morgan fingerprint density at radius 3 is 2.55 bits per heavy atom. The molecule has 2 heterocycles. The number of ether oxygens (including phenoxy) is 3. The molecule has 0 radical (unpaired) electrons. The van der Waals surface area contributed by atoms with Crippen LogP contribution in [0.2, 0.25) is 5.02 Å². The molecule has 49 heavy (non-hydrogen) atoms. The summed E-state index contributed by atoms with van der Waals surface area (Å²) >= 11 is 6.41. The van der Waals surface area contributed by atoms with Gasteiger partial charge in [0.25, 0.3) is 0 Å². The number of amides is 1. The summed E-state index contributed by atoms with van der Waals surface area (Å²) in [6.07, 6.45) is 2.27. The fourth-order valence-electron chi connectivity index (χ4n) is 4.42. The lowest BCUT2D eigenvalue weighted by atomic mass is 10.1. The molecule has 1 aliphatic heterocycles. The van der Waals surface area contributed by atoms with Gasteiger partial charge in [0.15, 0.2) is 19.9 Å². The first kappa shape index (κ1) is 39.9. The molecule has 1 aliphatic rings. The van der Waals surface area contributed by atoms with E-state index in [9.17, 15) is 33.7 Å². The van der Waals surface area contributed by atoms with E-state index in [1.165, 1.54) is 24.4 Å². The Bertz CT molecular complexity index is 1620. The van der Waals surface area contributed by atoms with E-state index >= 15 is 0 Å². The molecule has 1 aromatic heterocycles. The number of anilines is 3. The average Bonchev–Trinajstić information content (AvgIpc) is 3.08. The number of rotatable bonds is 15. The van der Waals surface area contributed by atoms with Gasteiger partial charge in [-0.3, -0.25) is 19.1 Å². The largest absolute Gasteiger partial charge is 0.490 e. The minimum atomic E-state index is -5.00. The van der Waals surface area contributed by atoms with Crippen LogP contribution in [0.5, 0.6) is 11.5 Å². The molecule has 2 aromatic carbocycles. The third-order valence-corrected chi connectivity index (χ3v) is 10.2. The van der Waals surface area contributed by atoms with Crippen molar-refractivity contribution >= 4 is 56.8 Å². The molecule has 1 saturated heterocycles. The number of halogens is 1. The molecule has 266 valence electrons. The van der Waals surface area contributed by atoms with Gasteiger partial charge < -0.3 is 44.4 Å². The first-order valence-electron chi connectivity index (χ1n) is 15.3. The van der Waals surface area contributed by atoms with E-state index in [4.69, 9.17) is 25.8 Å². The lowest BCUT2D eigenvalue weighted by Crippen LogP contribution is -2.37. The summed E-state index contributed by atoms with van der Waals surface area (Å²) in [5.41, 5.74) is 1.95. The number of esters is 1. The van der Waals surface area contributed by atoms with Crippen molar-refractivity contribution in [3.8, 4) is 22.8 Å². The molecule has 0 bridgehead atoms. The standard InChI is InChI=1S/C29H34ClN5O10P2.C2H6/c1-2-25(36)32-20-6-3-5-19(15-20)28-22(30)18-31-29(34-28)33-21-7-8-23(45-26(37)17-27(46(38)39)47(40,41)42)24(16-21)44-12-4-9-35-10-13-43-14-11-35;1-2/h2-3,5-8,15-16,18,27,38-39H,1,4,9-14,17H2,(H,32,36)(H,31,33,34)(H2,40,41,42);1-2H3. The lowest BCUT2D eigenvalue weighted by Gasteiger charge is -2.26. The molecule has 0 saturated carbocycles. The molecule has 15 nitrogen and oxygen atoms in total. The number of hydrogen-bond acceptors (Lipinski definition) is 12. The van der Waals surface area contributed by atoms with Gasteiger partial charge in [0.05, 0.1) is 43.2 Å². The second-order valence-electron chi connectivity index (χ2n) is 10.2. The maximum Gasteiger partial charge on any atom is 0.338 e. The molecule has 0 spiro atoms. The first-order valence-corrected chi connectivity index (χ1v) is 18.6. The molecule has 1 unspecified atom stereocenters. The van der Waals surface area contributed by atoms with Crippen LogP contribution in [0.25, 0.3) is 11.3 Å². The molecule has 4 rings (SSSR count). The Labute approximate surface area is 290 Å². The lowest BCUT2D eigenvalue weighted by molar-refractivity contribution is -0.134. The number of hydrogen-bond donors (Lipinski definition) is 6. The van der Waals surface area contributed by atoms with Gasteiger partial charge in [-0.15, -0.1) is 0 Å². The highest BCUT2D eigenvalue weighted by Crippen LogP contribution is 2.56. The van der Waals surface area contributed by atoms with Crippen molar-refractivity contribution in [2.75, 3.05) is 50.1 Å². The highest BCUT2D eigenvalue weighted by Gasteiger charge is 2.38. The summed E-state index contributed by atoms with van der Waals surface area (Å²) in [4.78, 5) is 73.1. The summed E-state index contributed by atoms with van der Waals surface area (Å²) in [6.45, 7) is 11.4. The second-order valence-corrected chi connectivity index (χ2v) is 14.1. The zero-order valence-electron chi connectivity index (χ0n) is 27.0. The molecule has 1 atom stereocenters. The van der Waals surface area contributed by atoms with Gasteiger partial charge in [-0.1, -0.05) is 44.2 Å². The minimum absolute atomic E-state index is 0.0484. The van der Waals surface area contributed by atoms with Crippen molar-refractivity contribution in [2.45, 2.75) is 32.1 Å². The van der Waals surface area contributed by atoms with E-state index in [2.05, 4.69) is 32.1 Å². The molecule has 6 N–H and O–H groups in total. The summed E-state index contributed by atoms with van der Waals surface area (Å²) in [5.74, 6) is -1.22. The van der Waals surface area contributed by atoms with Crippen molar-refractivity contribution in [3.63, 3.8) is 0 Å². The van der Waals surface area contributed by atoms with Crippen molar-refractivity contribution in [1.29, 1.82) is 0 Å². The smallest absolute Gasteiger partial charge is 0.338 e. The van der Waals surface area contributed by atoms with Gasteiger partial charge in [-0.05, 0) is 36.8 Å². The van der Waals surface area contributed by atoms with Crippen LogP contribution in [0, 0.1) is 0 Å². The van der Waals surface area contributed by atoms with Crippen LogP contribution in [0.1, 0.15) is 26.7 Å². The maximum atomic E-state index is 12.6. The first-order chi connectivity index (χ1) is 23.4. The van der Waals surface area contributed by atoms with Gasteiger partial charge in [0.2, 0.25) is 11.9 Å². The third kappa shape index (κ3) is 12.7. The summed E-state index contributed by atoms with van der Waals surface area (Å²) < 4.78 is 28.3. The van der Waals surface area contributed by atoms with E-state index in [0.29, 0.717) is 42.3 Å². The Morgan fingerprint density at radius 2 is 1.88 bits per heavy atom. The molecule has 18 heteroatoms. The van der Waals surface area contributed by atoms with Crippen molar-refractivity contribution < 1.29 is 47.9 Å². The van der Waals surface area contributed by atoms with E-state index < -0.39 is 33.8 Å². The number of morpholine rings is 1. The number of nitrogens with one attached hydrogen (secondary N) is 2. The molecular formula is C31H40ClN5O10P2. The van der Waals surface area contributed by atoms with E-state index in [-0.39, 0.29) is 35.0 Å². The Kier molecular flexibility index (Phi) is 16.0. The third-order valence-electron chi connectivity index (χ3n) is 6.74. The van der Waals surface area contributed by atoms with E-state index in [1.54, 1.807) is 24.3 Å². The normalized spacial score (nSPS) is 13.9. The zero-order chi connectivity index (χ0) is 36.0. The van der Waals surface area contributed by atoms with Crippen LogP contribution in [0.15, 0.2) is 61.3 Å². The molecule has 0 aliphatic carbocycles. The minimum Gasteiger partial charge on any atom is -0.490 e. The van der Waals surface area contributed by atoms with Gasteiger partial charge in [-0.25, -0.2) is 9.97 Å². The summed E-state index contributed by atoms with van der Waals surface area (Å²) in [6, 6.07) is 11.4. The van der Waals surface area contributed by atoms with Crippen molar-refractivity contribution in [2.24, 2.45) is 0 Å².